The zero-order chi connectivity index (χ0) is 14.9. The third-order valence-electron chi connectivity index (χ3n) is 3.49. The van der Waals surface area contributed by atoms with E-state index in [2.05, 4.69) is 15.9 Å². The second kappa shape index (κ2) is 5.72. The monoisotopic (exact) mass is 344 g/mol. The number of hydrogen-bond donors (Lipinski definition) is 1. The third-order valence-corrected chi connectivity index (χ3v) is 4.08. The maximum atomic E-state index is 13.7. The Kier molecular flexibility index (Phi) is 4.37. The van der Waals surface area contributed by atoms with Gasteiger partial charge in [-0.15, -0.1) is 0 Å². The van der Waals surface area contributed by atoms with Crippen LogP contribution in [0.25, 0.3) is 0 Å². The van der Waals surface area contributed by atoms with Gasteiger partial charge in [-0.1, -0.05) is 13.8 Å². The molecule has 0 radical (unpaired) electrons. The highest BCUT2D eigenvalue weighted by Crippen LogP contribution is 2.41. The molecule has 0 saturated heterocycles. The molecule has 110 valence electrons. The van der Waals surface area contributed by atoms with Crippen molar-refractivity contribution in [1.82, 2.24) is 0 Å². The van der Waals surface area contributed by atoms with Gasteiger partial charge in [0, 0.05) is 11.0 Å². The van der Waals surface area contributed by atoms with Crippen molar-refractivity contribution in [3.05, 3.63) is 28.0 Å². The Hall–Kier alpha value is -1.10. The fourth-order valence-corrected chi connectivity index (χ4v) is 2.72. The van der Waals surface area contributed by atoms with Crippen LogP contribution in [0, 0.1) is 11.7 Å². The van der Waals surface area contributed by atoms with Crippen LogP contribution in [0.4, 0.5) is 4.39 Å². The number of benzene rings is 1. The van der Waals surface area contributed by atoms with E-state index in [4.69, 9.17) is 9.84 Å². The smallest absolute Gasteiger partial charge is 0.304 e. The van der Waals surface area contributed by atoms with Crippen molar-refractivity contribution in [2.24, 2.45) is 5.92 Å². The molecule has 1 aromatic rings. The minimum atomic E-state index is -0.913. The van der Waals surface area contributed by atoms with E-state index in [0.717, 1.165) is 12.8 Å². The van der Waals surface area contributed by atoms with E-state index < -0.39 is 17.2 Å². The fraction of sp³-hybridized carbons (Fsp3) is 0.533. The van der Waals surface area contributed by atoms with Gasteiger partial charge in [0.1, 0.15) is 11.6 Å². The number of carboxylic acids is 1. The van der Waals surface area contributed by atoms with Gasteiger partial charge in [-0.05, 0) is 46.8 Å². The van der Waals surface area contributed by atoms with Crippen LogP contribution in [-0.4, -0.2) is 17.7 Å². The van der Waals surface area contributed by atoms with Crippen molar-refractivity contribution in [3.63, 3.8) is 0 Å². The minimum Gasteiger partial charge on any atom is -0.492 e. The summed E-state index contributed by atoms with van der Waals surface area (Å²) in [6, 6.07) is 2.72. The molecule has 20 heavy (non-hydrogen) atoms. The van der Waals surface area contributed by atoms with Crippen molar-refractivity contribution in [2.75, 3.05) is 6.61 Å². The Morgan fingerprint density at radius 2 is 2.15 bits per heavy atom. The number of ether oxygens (including phenoxy) is 1. The number of carboxylic acid groups (broad SMARTS) is 1. The van der Waals surface area contributed by atoms with E-state index in [1.54, 1.807) is 13.8 Å². The van der Waals surface area contributed by atoms with Gasteiger partial charge in [0.05, 0.1) is 17.5 Å². The highest BCUT2D eigenvalue weighted by Gasteiger charge is 2.30. The second-order valence-corrected chi connectivity index (χ2v) is 6.83. The lowest BCUT2D eigenvalue weighted by atomic mass is 9.81. The molecule has 1 saturated carbocycles. The molecule has 0 heterocycles. The first-order chi connectivity index (χ1) is 9.29. The van der Waals surface area contributed by atoms with Crippen LogP contribution in [0.5, 0.6) is 5.75 Å². The fourth-order valence-electron chi connectivity index (χ4n) is 2.17. The molecule has 0 spiro atoms. The highest BCUT2D eigenvalue weighted by molar-refractivity contribution is 9.10. The molecule has 2 rings (SSSR count). The molecule has 0 aliphatic heterocycles. The van der Waals surface area contributed by atoms with E-state index in [-0.39, 0.29) is 6.42 Å². The predicted octanol–water partition coefficient (Wildman–Crippen LogP) is 4.13. The summed E-state index contributed by atoms with van der Waals surface area (Å²) >= 11 is 3.31. The van der Waals surface area contributed by atoms with Crippen molar-refractivity contribution in [2.45, 2.75) is 38.5 Å². The zero-order valence-electron chi connectivity index (χ0n) is 11.6. The van der Waals surface area contributed by atoms with E-state index in [0.29, 0.717) is 28.3 Å². The first kappa shape index (κ1) is 15.3. The summed E-state index contributed by atoms with van der Waals surface area (Å²) in [7, 11) is 0. The topological polar surface area (TPSA) is 46.5 Å². The van der Waals surface area contributed by atoms with Gasteiger partial charge in [0.2, 0.25) is 0 Å². The van der Waals surface area contributed by atoms with Crippen LogP contribution in [0.3, 0.4) is 0 Å². The van der Waals surface area contributed by atoms with Gasteiger partial charge in [-0.25, -0.2) is 4.39 Å². The lowest BCUT2D eigenvalue weighted by Gasteiger charge is -2.26. The number of halogens is 2. The molecule has 5 heteroatoms. The molecule has 1 N–H and O–H groups in total. The Morgan fingerprint density at radius 1 is 1.50 bits per heavy atom. The average molecular weight is 345 g/mol. The van der Waals surface area contributed by atoms with Crippen LogP contribution in [0.15, 0.2) is 16.6 Å². The lowest BCUT2D eigenvalue weighted by Crippen LogP contribution is -2.23. The summed E-state index contributed by atoms with van der Waals surface area (Å²) in [5.41, 5.74) is -0.109. The van der Waals surface area contributed by atoms with Crippen LogP contribution in [-0.2, 0) is 10.2 Å². The van der Waals surface area contributed by atoms with E-state index in [1.165, 1.54) is 12.1 Å². The van der Waals surface area contributed by atoms with Crippen molar-refractivity contribution < 1.29 is 19.0 Å². The van der Waals surface area contributed by atoms with Crippen LogP contribution in [0.1, 0.15) is 38.7 Å². The number of rotatable bonds is 6. The third kappa shape index (κ3) is 3.72. The van der Waals surface area contributed by atoms with Gasteiger partial charge in [0.25, 0.3) is 0 Å². The molecule has 1 aliphatic carbocycles. The Morgan fingerprint density at radius 3 is 2.70 bits per heavy atom. The van der Waals surface area contributed by atoms with Crippen LogP contribution < -0.4 is 4.74 Å². The lowest BCUT2D eigenvalue weighted by molar-refractivity contribution is -0.138. The molecule has 3 nitrogen and oxygen atoms in total. The van der Waals surface area contributed by atoms with Gasteiger partial charge in [0.15, 0.2) is 0 Å². The first-order valence-electron chi connectivity index (χ1n) is 6.64. The number of aliphatic carboxylic acids is 1. The quantitative estimate of drug-likeness (QED) is 0.843. The number of carbonyl (C=O) groups is 1. The largest absolute Gasteiger partial charge is 0.492 e. The summed E-state index contributed by atoms with van der Waals surface area (Å²) in [4.78, 5) is 11.0. The maximum absolute atomic E-state index is 13.7. The Labute approximate surface area is 126 Å². The first-order valence-corrected chi connectivity index (χ1v) is 7.43. The molecule has 0 atom stereocenters. The van der Waals surface area contributed by atoms with E-state index in [1.807, 2.05) is 0 Å². The molecule has 1 fully saturated rings. The van der Waals surface area contributed by atoms with E-state index in [9.17, 15) is 9.18 Å². The Balaban J connectivity index is 2.34. The molecular formula is C15H18BrFO3. The Bertz CT molecular complexity index is 524. The SMILES string of the molecule is CC(C)(CC(=O)O)c1cc(F)cc(Br)c1OCC1CC1. The van der Waals surface area contributed by atoms with Crippen LogP contribution >= 0.6 is 15.9 Å². The molecular weight excluding hydrogens is 327 g/mol. The molecule has 0 amide bonds. The van der Waals surface area contributed by atoms with Crippen molar-refractivity contribution >= 4 is 21.9 Å². The van der Waals surface area contributed by atoms with Crippen molar-refractivity contribution in [3.8, 4) is 5.75 Å². The summed E-state index contributed by atoms with van der Waals surface area (Å²) in [6.07, 6.45) is 2.24. The highest BCUT2D eigenvalue weighted by atomic mass is 79.9. The van der Waals surface area contributed by atoms with Crippen LogP contribution in [0.2, 0.25) is 0 Å². The molecule has 1 aliphatic rings. The minimum absolute atomic E-state index is 0.0807. The van der Waals surface area contributed by atoms with Gasteiger partial charge in [-0.2, -0.15) is 0 Å². The van der Waals surface area contributed by atoms with Crippen molar-refractivity contribution in [1.29, 1.82) is 0 Å². The summed E-state index contributed by atoms with van der Waals surface area (Å²) in [5.74, 6) is -0.181. The van der Waals surface area contributed by atoms with E-state index >= 15 is 0 Å². The van der Waals surface area contributed by atoms with Gasteiger partial charge >= 0.3 is 5.97 Å². The maximum Gasteiger partial charge on any atom is 0.304 e. The second-order valence-electron chi connectivity index (χ2n) is 5.97. The normalized spacial score (nSPS) is 15.2. The summed E-state index contributed by atoms with van der Waals surface area (Å²) in [6.45, 7) is 4.17. The zero-order valence-corrected chi connectivity index (χ0v) is 13.2. The summed E-state index contributed by atoms with van der Waals surface area (Å²) < 4.78 is 20.0. The average Bonchev–Trinajstić information content (AvgIpc) is 3.09. The number of hydrogen-bond acceptors (Lipinski definition) is 2. The van der Waals surface area contributed by atoms with Gasteiger partial charge < -0.3 is 9.84 Å². The summed E-state index contributed by atoms with van der Waals surface area (Å²) in [5, 5.41) is 9.02. The molecule has 0 aromatic heterocycles. The van der Waals surface area contributed by atoms with Gasteiger partial charge in [-0.3, -0.25) is 4.79 Å². The predicted molar refractivity (Wildman–Crippen MR) is 77.6 cm³/mol. The standard InChI is InChI=1S/C15H18BrFO3/c1-15(2,7-13(18)19)11-5-10(17)6-12(16)14(11)20-8-9-3-4-9/h5-6,9H,3-4,7-8H2,1-2H3,(H,18,19). The molecule has 1 aromatic carbocycles. The molecule has 0 bridgehead atoms. The molecule has 0 unspecified atom stereocenters.